The predicted molar refractivity (Wildman–Crippen MR) is 135 cm³/mol. The van der Waals surface area contributed by atoms with Crippen molar-refractivity contribution in [3.63, 3.8) is 0 Å². The molecule has 9 nitrogen and oxygen atoms in total. The zero-order chi connectivity index (χ0) is 24.8. The average molecular weight is 485 g/mol. The van der Waals surface area contributed by atoms with E-state index in [4.69, 9.17) is 11.1 Å². The molecule has 0 unspecified atom stereocenters. The quantitative estimate of drug-likeness (QED) is 0.318. The Labute approximate surface area is 203 Å². The Kier molecular flexibility index (Phi) is 8.41. The summed E-state index contributed by atoms with van der Waals surface area (Å²) in [5.41, 5.74) is 8.00. The van der Waals surface area contributed by atoms with E-state index in [1.807, 2.05) is 32.0 Å². The van der Waals surface area contributed by atoms with Crippen LogP contribution in [0.5, 0.6) is 0 Å². The van der Waals surface area contributed by atoms with Gasteiger partial charge in [0.2, 0.25) is 5.91 Å². The smallest absolute Gasteiger partial charge is 0.261 e. The molecule has 3 amide bonds. The number of nitrogens with one attached hydrogen (secondary N) is 3. The van der Waals surface area contributed by atoms with Crippen LogP contribution in [0.15, 0.2) is 24.3 Å². The summed E-state index contributed by atoms with van der Waals surface area (Å²) in [7, 11) is 3.91. The van der Waals surface area contributed by atoms with E-state index in [1.54, 1.807) is 23.1 Å². The Hall–Kier alpha value is -3.24. The number of rotatable bonds is 9. The Morgan fingerprint density at radius 1 is 1.26 bits per heavy atom. The highest BCUT2D eigenvalue weighted by molar-refractivity contribution is 7.14. The topological polar surface area (TPSA) is 132 Å². The standard InChI is InChI=1S/C24H32N6O3S/c1-4-19(28-22(31)15-5-6-18(26)16(11-15)13-25)24(33)30-9-7-20-17(14-30)12-21(34-20)23(32)27-8-10-29(2)3/h5-6,11-13,19,25H,4,7-10,14,26H2,1-3H3,(H,27,32)(H,28,31)/t19-/m1/s1. The van der Waals surface area contributed by atoms with Gasteiger partial charge in [-0.2, -0.15) is 0 Å². The van der Waals surface area contributed by atoms with Crippen molar-refractivity contribution >= 4 is 41.0 Å². The minimum Gasteiger partial charge on any atom is -0.398 e. The van der Waals surface area contributed by atoms with Crippen molar-refractivity contribution in [2.24, 2.45) is 0 Å². The number of nitrogen functional groups attached to an aromatic ring is 1. The Morgan fingerprint density at radius 2 is 2.03 bits per heavy atom. The van der Waals surface area contributed by atoms with E-state index < -0.39 is 6.04 Å². The lowest BCUT2D eigenvalue weighted by atomic mass is 10.1. The average Bonchev–Trinajstić information content (AvgIpc) is 3.25. The molecule has 2 aromatic rings. The van der Waals surface area contributed by atoms with E-state index in [9.17, 15) is 14.4 Å². The molecule has 0 spiro atoms. The number of anilines is 1. The molecule has 0 bridgehead atoms. The molecule has 0 saturated heterocycles. The van der Waals surface area contributed by atoms with Crippen LogP contribution in [0.3, 0.4) is 0 Å². The highest BCUT2D eigenvalue weighted by Gasteiger charge is 2.29. The molecule has 0 fully saturated rings. The van der Waals surface area contributed by atoms with Gasteiger partial charge in [0.05, 0.1) is 4.88 Å². The van der Waals surface area contributed by atoms with Gasteiger partial charge in [-0.15, -0.1) is 11.3 Å². The molecular formula is C24H32N6O3S. The molecular weight excluding hydrogens is 452 g/mol. The van der Waals surface area contributed by atoms with Gasteiger partial charge in [-0.1, -0.05) is 6.92 Å². The first-order valence-corrected chi connectivity index (χ1v) is 12.1. The van der Waals surface area contributed by atoms with E-state index in [1.165, 1.54) is 11.3 Å². The summed E-state index contributed by atoms with van der Waals surface area (Å²) in [5.74, 6) is -0.619. The van der Waals surface area contributed by atoms with Gasteiger partial charge in [0.25, 0.3) is 11.8 Å². The zero-order valence-corrected chi connectivity index (χ0v) is 20.6. The van der Waals surface area contributed by atoms with E-state index in [2.05, 4.69) is 10.6 Å². The van der Waals surface area contributed by atoms with Gasteiger partial charge in [-0.3, -0.25) is 14.4 Å². The lowest BCUT2D eigenvalue weighted by molar-refractivity contribution is -0.134. The maximum atomic E-state index is 13.2. The van der Waals surface area contributed by atoms with Crippen LogP contribution < -0.4 is 16.4 Å². The molecule has 0 aliphatic carbocycles. The van der Waals surface area contributed by atoms with E-state index >= 15 is 0 Å². The third-order valence-corrected chi connectivity index (χ3v) is 7.00. The number of amides is 3. The second kappa shape index (κ2) is 11.3. The summed E-state index contributed by atoms with van der Waals surface area (Å²) in [6.45, 7) is 4.15. The second-order valence-electron chi connectivity index (χ2n) is 8.55. The van der Waals surface area contributed by atoms with Gasteiger partial charge in [0, 0.05) is 54.1 Å². The number of hydrogen-bond acceptors (Lipinski definition) is 7. The first-order valence-electron chi connectivity index (χ1n) is 11.3. The fraction of sp³-hybridized carbons (Fsp3) is 0.417. The van der Waals surface area contributed by atoms with Gasteiger partial charge >= 0.3 is 0 Å². The van der Waals surface area contributed by atoms with Crippen molar-refractivity contribution in [3.05, 3.63) is 50.7 Å². The highest BCUT2D eigenvalue weighted by Crippen LogP contribution is 2.28. The molecule has 2 heterocycles. The van der Waals surface area contributed by atoms with Crippen LogP contribution in [0.1, 0.15) is 49.4 Å². The summed E-state index contributed by atoms with van der Waals surface area (Å²) in [5, 5.41) is 13.2. The molecule has 1 aliphatic heterocycles. The maximum absolute atomic E-state index is 13.2. The summed E-state index contributed by atoms with van der Waals surface area (Å²) in [4.78, 5) is 43.9. The van der Waals surface area contributed by atoms with Crippen molar-refractivity contribution in [1.82, 2.24) is 20.4 Å². The number of thiophene rings is 1. The summed E-state index contributed by atoms with van der Waals surface area (Å²) < 4.78 is 0. The first-order chi connectivity index (χ1) is 16.2. The molecule has 1 aromatic heterocycles. The minimum absolute atomic E-state index is 0.0920. The van der Waals surface area contributed by atoms with Gasteiger partial charge in [-0.05, 0) is 56.8 Å². The van der Waals surface area contributed by atoms with Crippen LogP contribution in [0, 0.1) is 5.41 Å². The number of benzene rings is 1. The lowest BCUT2D eigenvalue weighted by Gasteiger charge is -2.30. The summed E-state index contributed by atoms with van der Waals surface area (Å²) in [6.07, 6.45) is 2.22. The van der Waals surface area contributed by atoms with Crippen molar-refractivity contribution in [2.45, 2.75) is 32.4 Å². The first kappa shape index (κ1) is 25.4. The fourth-order valence-electron chi connectivity index (χ4n) is 3.75. The Balaban J connectivity index is 1.64. The molecule has 34 heavy (non-hydrogen) atoms. The van der Waals surface area contributed by atoms with E-state index in [-0.39, 0.29) is 17.7 Å². The molecule has 182 valence electrons. The van der Waals surface area contributed by atoms with Crippen molar-refractivity contribution in [2.75, 3.05) is 39.5 Å². The normalized spacial score (nSPS) is 13.8. The number of hydrogen-bond donors (Lipinski definition) is 4. The van der Waals surface area contributed by atoms with E-state index in [0.29, 0.717) is 54.2 Å². The number of nitrogens with two attached hydrogens (primary N) is 1. The highest BCUT2D eigenvalue weighted by atomic mass is 32.1. The van der Waals surface area contributed by atoms with Crippen LogP contribution in [0.2, 0.25) is 0 Å². The molecule has 1 atom stereocenters. The third kappa shape index (κ3) is 6.00. The third-order valence-electron chi connectivity index (χ3n) is 5.76. The minimum atomic E-state index is -0.664. The molecule has 1 aliphatic rings. The number of likely N-dealkylation sites (N-methyl/N-ethyl adjacent to an activating group) is 1. The van der Waals surface area contributed by atoms with Crippen LogP contribution >= 0.6 is 11.3 Å². The lowest BCUT2D eigenvalue weighted by Crippen LogP contribution is -2.49. The molecule has 0 saturated carbocycles. The molecule has 0 radical (unpaired) electrons. The van der Waals surface area contributed by atoms with Crippen molar-refractivity contribution < 1.29 is 14.4 Å². The van der Waals surface area contributed by atoms with Crippen molar-refractivity contribution in [1.29, 1.82) is 5.41 Å². The number of fused-ring (bicyclic) bond motifs is 1. The second-order valence-corrected chi connectivity index (χ2v) is 9.69. The monoisotopic (exact) mass is 484 g/mol. The predicted octanol–water partition coefficient (Wildman–Crippen LogP) is 1.71. The summed E-state index contributed by atoms with van der Waals surface area (Å²) in [6, 6.07) is 5.91. The van der Waals surface area contributed by atoms with Crippen LogP contribution in [0.25, 0.3) is 0 Å². The Morgan fingerprint density at radius 3 is 2.71 bits per heavy atom. The number of nitrogens with zero attached hydrogens (tertiary/aromatic N) is 2. The van der Waals surface area contributed by atoms with Crippen LogP contribution in [-0.4, -0.2) is 73.5 Å². The van der Waals surface area contributed by atoms with Crippen LogP contribution in [0.4, 0.5) is 5.69 Å². The number of carbonyl (C=O) groups is 3. The molecule has 1 aromatic carbocycles. The summed E-state index contributed by atoms with van der Waals surface area (Å²) >= 11 is 1.48. The largest absolute Gasteiger partial charge is 0.398 e. The van der Waals surface area contributed by atoms with Gasteiger partial charge in [0.1, 0.15) is 6.04 Å². The van der Waals surface area contributed by atoms with Crippen LogP contribution in [-0.2, 0) is 17.8 Å². The fourth-order valence-corrected chi connectivity index (χ4v) is 4.83. The van der Waals surface area contributed by atoms with Crippen molar-refractivity contribution in [3.8, 4) is 0 Å². The number of carbonyl (C=O) groups excluding carboxylic acids is 3. The molecule has 3 rings (SSSR count). The Bertz CT molecular complexity index is 1080. The van der Waals surface area contributed by atoms with Gasteiger partial charge in [0.15, 0.2) is 0 Å². The SMILES string of the molecule is CC[C@@H](NC(=O)c1ccc(N)c(C=N)c1)C(=O)N1CCc2sc(C(=O)NCCN(C)C)cc2C1. The van der Waals surface area contributed by atoms with Gasteiger partial charge in [-0.25, -0.2) is 0 Å². The van der Waals surface area contributed by atoms with Gasteiger partial charge < -0.3 is 31.6 Å². The zero-order valence-electron chi connectivity index (χ0n) is 19.8. The van der Waals surface area contributed by atoms with E-state index in [0.717, 1.165) is 23.2 Å². The molecule has 10 heteroatoms. The maximum Gasteiger partial charge on any atom is 0.261 e. The molecule has 5 N–H and O–H groups in total.